The smallest absolute Gasteiger partial charge is 0.327 e. The highest BCUT2D eigenvalue weighted by molar-refractivity contribution is 5.93. The zero-order valence-electron chi connectivity index (χ0n) is 12.1. The zero-order valence-corrected chi connectivity index (χ0v) is 12.9. The van der Waals surface area contributed by atoms with E-state index in [9.17, 15) is 22.4 Å². The molecule has 3 nitrogen and oxygen atoms in total. The number of hydrogen-bond acceptors (Lipinski definition) is 2. The van der Waals surface area contributed by atoms with Gasteiger partial charge in [0.2, 0.25) is 5.91 Å². The average molecular weight is 353 g/mol. The summed E-state index contributed by atoms with van der Waals surface area (Å²) >= 11 is 0. The number of alkyl halides is 3. The topological polar surface area (TPSA) is 55.1 Å². The van der Waals surface area contributed by atoms with Crippen molar-refractivity contribution in [3.8, 4) is 0 Å². The molecule has 2 bridgehead atoms. The van der Waals surface area contributed by atoms with Gasteiger partial charge in [-0.05, 0) is 49.3 Å². The molecule has 0 saturated heterocycles. The van der Waals surface area contributed by atoms with E-state index >= 15 is 0 Å². The number of nitrogens with one attached hydrogen (secondary N) is 1. The second kappa shape index (κ2) is 6.28. The lowest BCUT2D eigenvalue weighted by Gasteiger charge is -2.27. The van der Waals surface area contributed by atoms with Crippen molar-refractivity contribution in [1.82, 2.24) is 0 Å². The fourth-order valence-electron chi connectivity index (χ4n) is 3.77. The van der Waals surface area contributed by atoms with Gasteiger partial charge in [-0.25, -0.2) is 4.39 Å². The van der Waals surface area contributed by atoms with Crippen LogP contribution in [0.4, 0.5) is 23.2 Å². The summed E-state index contributed by atoms with van der Waals surface area (Å²) in [4.78, 5) is 12.3. The van der Waals surface area contributed by atoms with Gasteiger partial charge in [0.15, 0.2) is 0 Å². The maximum absolute atomic E-state index is 13.2. The first-order valence-electron chi connectivity index (χ1n) is 7.20. The number of amides is 1. The summed E-state index contributed by atoms with van der Waals surface area (Å²) in [5.41, 5.74) is 4.59. The highest BCUT2D eigenvalue weighted by Crippen LogP contribution is 2.48. The number of nitrogens with two attached hydrogens (primary N) is 1. The summed E-state index contributed by atoms with van der Waals surface area (Å²) < 4.78 is 51.3. The van der Waals surface area contributed by atoms with Crippen molar-refractivity contribution in [1.29, 1.82) is 0 Å². The molecule has 4 atom stereocenters. The zero-order chi connectivity index (χ0) is 16.1. The van der Waals surface area contributed by atoms with Crippen LogP contribution in [0.3, 0.4) is 0 Å². The van der Waals surface area contributed by atoms with Crippen molar-refractivity contribution >= 4 is 24.0 Å². The molecule has 0 aromatic heterocycles. The quantitative estimate of drug-likeness (QED) is 0.799. The average Bonchev–Trinajstić information content (AvgIpc) is 3.00. The van der Waals surface area contributed by atoms with Crippen LogP contribution in [0.15, 0.2) is 18.2 Å². The molecule has 0 radical (unpaired) electrons. The van der Waals surface area contributed by atoms with Crippen LogP contribution >= 0.6 is 12.4 Å². The van der Waals surface area contributed by atoms with E-state index in [1.165, 1.54) is 0 Å². The van der Waals surface area contributed by atoms with Crippen LogP contribution in [-0.2, 0) is 11.0 Å². The molecule has 8 heteroatoms. The lowest BCUT2D eigenvalue weighted by atomic mass is 9.84. The highest BCUT2D eigenvalue weighted by Gasteiger charge is 2.49. The minimum atomic E-state index is -4.80. The number of halogens is 5. The predicted octanol–water partition coefficient (Wildman–Crippen LogP) is 3.58. The predicted molar refractivity (Wildman–Crippen MR) is 79.6 cm³/mol. The van der Waals surface area contributed by atoms with Crippen molar-refractivity contribution in [2.24, 2.45) is 23.5 Å². The Kier molecular flexibility index (Phi) is 4.92. The first kappa shape index (κ1) is 18.0. The van der Waals surface area contributed by atoms with Crippen LogP contribution in [0.5, 0.6) is 0 Å². The number of hydrogen-bond donors (Lipinski definition) is 2. The summed E-state index contributed by atoms with van der Waals surface area (Å²) in [5.74, 6) is -1.60. The van der Waals surface area contributed by atoms with Crippen molar-refractivity contribution in [3.05, 3.63) is 29.6 Å². The Morgan fingerprint density at radius 2 is 1.87 bits per heavy atom. The lowest BCUT2D eigenvalue weighted by Crippen LogP contribution is -2.42. The standard InChI is InChI=1S/C15H16F4N2O.ClH/c16-11-4-3-9(6-10(11)15(17,18)19)21-14(22)12-7-1-2-8(5-7)13(12)20;/h3-4,6-8,12-13H,1-2,5,20H2,(H,21,22);1H. The maximum Gasteiger partial charge on any atom is 0.419 e. The van der Waals surface area contributed by atoms with E-state index in [4.69, 9.17) is 5.73 Å². The van der Waals surface area contributed by atoms with Crippen molar-refractivity contribution < 1.29 is 22.4 Å². The third-order valence-corrected chi connectivity index (χ3v) is 4.82. The van der Waals surface area contributed by atoms with Gasteiger partial charge in [0.25, 0.3) is 0 Å². The van der Waals surface area contributed by atoms with E-state index in [0.29, 0.717) is 18.1 Å². The molecule has 4 unspecified atom stereocenters. The van der Waals surface area contributed by atoms with Crippen LogP contribution in [0.2, 0.25) is 0 Å². The second-order valence-electron chi connectivity index (χ2n) is 6.12. The molecule has 3 rings (SSSR count). The van der Waals surface area contributed by atoms with Crippen LogP contribution < -0.4 is 11.1 Å². The van der Waals surface area contributed by atoms with Gasteiger partial charge in [-0.2, -0.15) is 13.2 Å². The first-order chi connectivity index (χ1) is 10.3. The molecular weight excluding hydrogens is 336 g/mol. The van der Waals surface area contributed by atoms with E-state index in [0.717, 1.165) is 25.3 Å². The molecule has 23 heavy (non-hydrogen) atoms. The van der Waals surface area contributed by atoms with Crippen LogP contribution in [0.25, 0.3) is 0 Å². The van der Waals surface area contributed by atoms with Gasteiger partial charge in [0, 0.05) is 11.7 Å². The summed E-state index contributed by atoms with van der Waals surface area (Å²) in [6, 6.07) is 2.20. The number of rotatable bonds is 2. The number of anilines is 1. The lowest BCUT2D eigenvalue weighted by molar-refractivity contribution is -0.140. The number of carbonyl (C=O) groups excluding carboxylic acids is 1. The number of fused-ring (bicyclic) bond motifs is 2. The minimum Gasteiger partial charge on any atom is -0.327 e. The fraction of sp³-hybridized carbons (Fsp3) is 0.533. The molecule has 1 aromatic carbocycles. The van der Waals surface area contributed by atoms with Gasteiger partial charge < -0.3 is 11.1 Å². The van der Waals surface area contributed by atoms with Crippen molar-refractivity contribution in [2.75, 3.05) is 5.32 Å². The van der Waals surface area contributed by atoms with Crippen molar-refractivity contribution in [3.63, 3.8) is 0 Å². The molecule has 2 saturated carbocycles. The Bertz CT molecular complexity index is 606. The van der Waals surface area contributed by atoms with E-state index in [1.54, 1.807) is 0 Å². The molecular formula is C15H17ClF4N2O. The van der Waals surface area contributed by atoms with Crippen molar-refractivity contribution in [2.45, 2.75) is 31.5 Å². The third kappa shape index (κ3) is 3.30. The molecule has 128 valence electrons. The molecule has 2 aliphatic rings. The molecule has 2 fully saturated rings. The van der Waals surface area contributed by atoms with Crippen LogP contribution in [0, 0.1) is 23.6 Å². The summed E-state index contributed by atoms with van der Waals surface area (Å²) in [5, 5.41) is 2.45. The Labute approximate surface area is 137 Å². The SMILES string of the molecule is Cl.NC1C2CCC(C2)C1C(=O)Nc1ccc(F)c(C(F)(F)F)c1. The third-order valence-electron chi connectivity index (χ3n) is 4.82. The van der Waals surface area contributed by atoms with E-state index in [-0.39, 0.29) is 41.9 Å². The van der Waals surface area contributed by atoms with E-state index in [2.05, 4.69) is 5.32 Å². The Balaban J connectivity index is 0.00000192. The van der Waals surface area contributed by atoms with Gasteiger partial charge in [0.1, 0.15) is 5.82 Å². The van der Waals surface area contributed by atoms with Gasteiger partial charge in [-0.3, -0.25) is 4.79 Å². The Morgan fingerprint density at radius 1 is 1.22 bits per heavy atom. The monoisotopic (exact) mass is 352 g/mol. The maximum atomic E-state index is 13.2. The Morgan fingerprint density at radius 3 is 2.43 bits per heavy atom. The fourth-order valence-corrected chi connectivity index (χ4v) is 3.77. The van der Waals surface area contributed by atoms with Gasteiger partial charge in [0.05, 0.1) is 11.5 Å². The van der Waals surface area contributed by atoms with E-state index in [1.807, 2.05) is 0 Å². The normalized spacial score (nSPS) is 29.3. The molecule has 1 aromatic rings. The second-order valence-corrected chi connectivity index (χ2v) is 6.12. The minimum absolute atomic E-state index is 0. The molecule has 1 amide bonds. The molecule has 2 aliphatic carbocycles. The number of carbonyl (C=O) groups is 1. The molecule has 0 spiro atoms. The van der Waals surface area contributed by atoms with E-state index < -0.39 is 17.6 Å². The van der Waals surface area contributed by atoms with Gasteiger partial charge in [-0.1, -0.05) is 0 Å². The molecule has 0 heterocycles. The van der Waals surface area contributed by atoms with Gasteiger partial charge in [-0.15, -0.1) is 12.4 Å². The molecule has 0 aliphatic heterocycles. The summed E-state index contributed by atoms with van der Waals surface area (Å²) in [7, 11) is 0. The van der Waals surface area contributed by atoms with Crippen LogP contribution in [0.1, 0.15) is 24.8 Å². The summed E-state index contributed by atoms with van der Waals surface area (Å²) in [6.45, 7) is 0. The number of benzene rings is 1. The molecule has 3 N–H and O–H groups in total. The highest BCUT2D eigenvalue weighted by atomic mass is 35.5. The first-order valence-corrected chi connectivity index (χ1v) is 7.20. The Hall–Kier alpha value is -1.34. The van der Waals surface area contributed by atoms with Crippen LogP contribution in [-0.4, -0.2) is 11.9 Å². The summed E-state index contributed by atoms with van der Waals surface area (Å²) in [6.07, 6.45) is -1.97. The largest absolute Gasteiger partial charge is 0.419 e. The van der Waals surface area contributed by atoms with Gasteiger partial charge >= 0.3 is 6.18 Å².